The Labute approximate surface area is 99.7 Å². The van der Waals surface area contributed by atoms with Crippen LogP contribution < -0.4 is 4.90 Å². The Hall–Kier alpha value is -1.61. The van der Waals surface area contributed by atoms with Gasteiger partial charge in [0.25, 0.3) is 0 Å². The number of rotatable bonds is 3. The minimum atomic E-state index is 0.505. The molecule has 3 nitrogen and oxygen atoms in total. The summed E-state index contributed by atoms with van der Waals surface area (Å²) in [6.07, 6.45) is 3.50. The smallest absolute Gasteiger partial charge is 0.131 e. The Balaban J connectivity index is 2.12. The van der Waals surface area contributed by atoms with Crippen LogP contribution >= 0.6 is 11.6 Å². The molecule has 82 valence electrons. The lowest BCUT2D eigenvalue weighted by atomic mass is 10.3. The third-order valence-corrected chi connectivity index (χ3v) is 2.48. The SMILES string of the molecule is CN(Cc1ccccn1)c1ccnc(Cl)c1. The van der Waals surface area contributed by atoms with Gasteiger partial charge in [-0.05, 0) is 24.3 Å². The molecule has 2 rings (SSSR count). The van der Waals surface area contributed by atoms with Crippen molar-refractivity contribution in [1.29, 1.82) is 0 Å². The highest BCUT2D eigenvalue weighted by atomic mass is 35.5. The first-order chi connectivity index (χ1) is 7.75. The number of nitrogens with zero attached hydrogens (tertiary/aromatic N) is 3. The van der Waals surface area contributed by atoms with Crippen LogP contribution in [-0.2, 0) is 6.54 Å². The monoisotopic (exact) mass is 233 g/mol. The zero-order valence-electron chi connectivity index (χ0n) is 8.97. The van der Waals surface area contributed by atoms with Crippen LogP contribution in [0.15, 0.2) is 42.7 Å². The second-order valence-electron chi connectivity index (χ2n) is 3.51. The highest BCUT2D eigenvalue weighted by Crippen LogP contribution is 2.17. The first-order valence-corrected chi connectivity index (χ1v) is 5.36. The fourth-order valence-corrected chi connectivity index (χ4v) is 1.62. The number of hydrogen-bond donors (Lipinski definition) is 0. The lowest BCUT2D eigenvalue weighted by Gasteiger charge is -2.18. The van der Waals surface area contributed by atoms with Crippen molar-refractivity contribution in [3.63, 3.8) is 0 Å². The fourth-order valence-electron chi connectivity index (χ4n) is 1.46. The first-order valence-electron chi connectivity index (χ1n) is 4.98. The minimum Gasteiger partial charge on any atom is -0.369 e. The molecule has 0 spiro atoms. The number of hydrogen-bond acceptors (Lipinski definition) is 3. The molecule has 0 saturated heterocycles. The van der Waals surface area contributed by atoms with Gasteiger partial charge in [-0.2, -0.15) is 0 Å². The molecule has 4 heteroatoms. The third-order valence-electron chi connectivity index (χ3n) is 2.28. The second kappa shape index (κ2) is 4.94. The molecule has 0 aromatic carbocycles. The van der Waals surface area contributed by atoms with Gasteiger partial charge in [0.15, 0.2) is 0 Å². The molecule has 16 heavy (non-hydrogen) atoms. The van der Waals surface area contributed by atoms with Crippen molar-refractivity contribution in [2.45, 2.75) is 6.54 Å². The van der Waals surface area contributed by atoms with Crippen LogP contribution in [0, 0.1) is 0 Å². The summed E-state index contributed by atoms with van der Waals surface area (Å²) in [7, 11) is 2.00. The van der Waals surface area contributed by atoms with Gasteiger partial charge < -0.3 is 4.90 Å². The van der Waals surface area contributed by atoms with E-state index in [0.717, 1.165) is 17.9 Å². The molecule has 2 aromatic heterocycles. The van der Waals surface area contributed by atoms with Crippen LogP contribution in [0.25, 0.3) is 0 Å². The zero-order valence-corrected chi connectivity index (χ0v) is 9.72. The summed E-state index contributed by atoms with van der Waals surface area (Å²) >= 11 is 5.84. The van der Waals surface area contributed by atoms with Gasteiger partial charge in [0.1, 0.15) is 5.15 Å². The van der Waals surface area contributed by atoms with Crippen molar-refractivity contribution < 1.29 is 0 Å². The average molecular weight is 234 g/mol. The summed E-state index contributed by atoms with van der Waals surface area (Å²) in [5, 5.41) is 0.505. The molecule has 0 aliphatic rings. The van der Waals surface area contributed by atoms with E-state index in [0.29, 0.717) is 5.15 Å². The molecule has 0 atom stereocenters. The standard InChI is InChI=1S/C12H12ClN3/c1-16(9-10-4-2-3-6-14-10)11-5-7-15-12(13)8-11/h2-8H,9H2,1H3. The summed E-state index contributed by atoms with van der Waals surface area (Å²) in [4.78, 5) is 10.3. The van der Waals surface area contributed by atoms with Gasteiger partial charge in [-0.25, -0.2) is 4.98 Å². The summed E-state index contributed by atoms with van der Waals surface area (Å²) in [6, 6.07) is 9.65. The van der Waals surface area contributed by atoms with E-state index >= 15 is 0 Å². The maximum absolute atomic E-state index is 5.84. The first kappa shape index (κ1) is 10.9. The zero-order chi connectivity index (χ0) is 11.4. The average Bonchev–Trinajstić information content (AvgIpc) is 2.30. The van der Waals surface area contributed by atoms with Gasteiger partial charge >= 0.3 is 0 Å². The summed E-state index contributed by atoms with van der Waals surface area (Å²) in [5.41, 5.74) is 2.06. The second-order valence-corrected chi connectivity index (χ2v) is 3.90. The van der Waals surface area contributed by atoms with Crippen molar-refractivity contribution in [1.82, 2.24) is 9.97 Å². The lowest BCUT2D eigenvalue weighted by molar-refractivity contribution is 0.883. The number of pyridine rings is 2. The van der Waals surface area contributed by atoms with Gasteiger partial charge in [-0.3, -0.25) is 4.98 Å². The van der Waals surface area contributed by atoms with Crippen molar-refractivity contribution >= 4 is 17.3 Å². The van der Waals surface area contributed by atoms with E-state index in [1.165, 1.54) is 0 Å². The summed E-state index contributed by atoms with van der Waals surface area (Å²) in [6.45, 7) is 0.751. The van der Waals surface area contributed by atoms with Crippen LogP contribution in [0.1, 0.15) is 5.69 Å². The maximum Gasteiger partial charge on any atom is 0.131 e. The molecule has 2 aromatic rings. The molecule has 0 N–H and O–H groups in total. The van der Waals surface area contributed by atoms with E-state index in [9.17, 15) is 0 Å². The topological polar surface area (TPSA) is 29.0 Å². The van der Waals surface area contributed by atoms with E-state index in [1.54, 1.807) is 12.4 Å². The van der Waals surface area contributed by atoms with Gasteiger partial charge in [-0.15, -0.1) is 0 Å². The fraction of sp³-hybridized carbons (Fsp3) is 0.167. The largest absolute Gasteiger partial charge is 0.369 e. The number of aromatic nitrogens is 2. The highest BCUT2D eigenvalue weighted by Gasteiger charge is 2.03. The Morgan fingerprint density at radius 3 is 2.75 bits per heavy atom. The molecule has 0 amide bonds. The van der Waals surface area contributed by atoms with E-state index < -0.39 is 0 Å². The highest BCUT2D eigenvalue weighted by molar-refractivity contribution is 6.29. The van der Waals surface area contributed by atoms with E-state index in [4.69, 9.17) is 11.6 Å². The van der Waals surface area contributed by atoms with Crippen molar-refractivity contribution in [3.8, 4) is 0 Å². The predicted molar refractivity (Wildman–Crippen MR) is 65.6 cm³/mol. The lowest BCUT2D eigenvalue weighted by Crippen LogP contribution is -2.17. The Kier molecular flexibility index (Phi) is 3.37. The van der Waals surface area contributed by atoms with Crippen LogP contribution in [0.3, 0.4) is 0 Å². The molecule has 0 aliphatic heterocycles. The predicted octanol–water partition coefficient (Wildman–Crippen LogP) is 2.77. The molecule has 0 radical (unpaired) electrons. The van der Waals surface area contributed by atoms with Crippen molar-refractivity contribution in [3.05, 3.63) is 53.6 Å². The van der Waals surface area contributed by atoms with Crippen LogP contribution in [0.5, 0.6) is 0 Å². The van der Waals surface area contributed by atoms with Crippen LogP contribution in [0.4, 0.5) is 5.69 Å². The van der Waals surface area contributed by atoms with E-state index in [1.807, 2.05) is 37.4 Å². The number of halogens is 1. The van der Waals surface area contributed by atoms with Gasteiger partial charge in [-0.1, -0.05) is 17.7 Å². The van der Waals surface area contributed by atoms with E-state index in [2.05, 4.69) is 14.9 Å². The van der Waals surface area contributed by atoms with E-state index in [-0.39, 0.29) is 0 Å². The van der Waals surface area contributed by atoms with Crippen LogP contribution in [0.2, 0.25) is 5.15 Å². The molecule has 2 heterocycles. The van der Waals surface area contributed by atoms with Crippen molar-refractivity contribution in [2.24, 2.45) is 0 Å². The molecule has 0 aliphatic carbocycles. The van der Waals surface area contributed by atoms with Crippen molar-refractivity contribution in [2.75, 3.05) is 11.9 Å². The summed E-state index contributed by atoms with van der Waals surface area (Å²) < 4.78 is 0. The van der Waals surface area contributed by atoms with Gasteiger partial charge in [0.2, 0.25) is 0 Å². The molecule has 0 fully saturated rings. The van der Waals surface area contributed by atoms with Gasteiger partial charge in [0, 0.05) is 25.1 Å². The molecule has 0 saturated carbocycles. The minimum absolute atomic E-state index is 0.505. The third kappa shape index (κ3) is 2.70. The van der Waals surface area contributed by atoms with Gasteiger partial charge in [0.05, 0.1) is 12.2 Å². The summed E-state index contributed by atoms with van der Waals surface area (Å²) in [5.74, 6) is 0. The normalized spacial score (nSPS) is 10.1. The Bertz CT molecular complexity index is 459. The van der Waals surface area contributed by atoms with Crippen LogP contribution in [-0.4, -0.2) is 17.0 Å². The maximum atomic E-state index is 5.84. The molecular weight excluding hydrogens is 222 g/mol. The Morgan fingerprint density at radius 2 is 2.06 bits per heavy atom. The molecular formula is C12H12ClN3. The molecule has 0 unspecified atom stereocenters. The Morgan fingerprint density at radius 1 is 1.19 bits per heavy atom. The number of anilines is 1. The molecule has 0 bridgehead atoms. The quantitative estimate of drug-likeness (QED) is 0.764.